The van der Waals surface area contributed by atoms with Crippen LogP contribution in [0.1, 0.15) is 55.6 Å². The topological polar surface area (TPSA) is 74.8 Å². The summed E-state index contributed by atoms with van der Waals surface area (Å²) < 4.78 is 0. The average molecular weight is 287 g/mol. The van der Waals surface area contributed by atoms with E-state index < -0.39 is 0 Å². The Morgan fingerprint density at radius 2 is 2.10 bits per heavy atom. The number of aromatic nitrogens is 4. The molecule has 21 heavy (non-hydrogen) atoms. The van der Waals surface area contributed by atoms with Crippen molar-refractivity contribution in [3.05, 3.63) is 41.7 Å². The quantitative estimate of drug-likeness (QED) is 0.916. The molecule has 0 aliphatic rings. The fraction of sp³-hybridized carbons (Fsp3) is 0.467. The highest BCUT2D eigenvalue weighted by atomic mass is 16.2. The van der Waals surface area contributed by atoms with Crippen LogP contribution in [-0.2, 0) is 6.54 Å². The molecule has 0 radical (unpaired) electrons. The molecule has 112 valence electrons. The summed E-state index contributed by atoms with van der Waals surface area (Å²) >= 11 is 0. The van der Waals surface area contributed by atoms with Crippen molar-refractivity contribution in [1.82, 2.24) is 25.1 Å². The van der Waals surface area contributed by atoms with Gasteiger partial charge in [-0.25, -0.2) is 4.98 Å². The average Bonchev–Trinajstić information content (AvgIpc) is 2.95. The van der Waals surface area contributed by atoms with Gasteiger partial charge in [0.25, 0.3) is 5.91 Å². The van der Waals surface area contributed by atoms with E-state index in [-0.39, 0.29) is 23.7 Å². The summed E-state index contributed by atoms with van der Waals surface area (Å²) in [5.74, 6) is 0.988. The first-order valence-electron chi connectivity index (χ1n) is 7.11. The van der Waals surface area contributed by atoms with E-state index in [9.17, 15) is 4.79 Å². The van der Waals surface area contributed by atoms with Crippen molar-refractivity contribution in [3.8, 4) is 0 Å². The highest BCUT2D eigenvalue weighted by molar-refractivity contribution is 5.90. The monoisotopic (exact) mass is 287 g/mol. The number of nitrogens with one attached hydrogen (secondary N) is 1. The number of pyridine rings is 1. The van der Waals surface area contributed by atoms with Gasteiger partial charge in [-0.05, 0) is 25.5 Å². The predicted molar refractivity (Wildman–Crippen MR) is 79.7 cm³/mol. The Hall–Kier alpha value is -2.24. The number of rotatable bonds is 5. The Bertz CT molecular complexity index is 591. The van der Waals surface area contributed by atoms with Crippen LogP contribution >= 0.6 is 0 Å². The summed E-state index contributed by atoms with van der Waals surface area (Å²) in [6.07, 6.45) is 3.48. The van der Waals surface area contributed by atoms with Gasteiger partial charge in [-0.3, -0.25) is 14.9 Å². The van der Waals surface area contributed by atoms with E-state index in [2.05, 4.69) is 20.2 Å². The molecule has 0 fully saturated rings. The Balaban J connectivity index is 2.19. The molecule has 0 aromatic carbocycles. The number of hydrogen-bond acceptors (Lipinski definition) is 4. The summed E-state index contributed by atoms with van der Waals surface area (Å²) in [4.78, 5) is 22.7. The van der Waals surface area contributed by atoms with Gasteiger partial charge in [0.15, 0.2) is 0 Å². The second-order valence-corrected chi connectivity index (χ2v) is 5.59. The van der Waals surface area contributed by atoms with Gasteiger partial charge in [0.2, 0.25) is 5.82 Å². The van der Waals surface area contributed by atoms with Gasteiger partial charge in [0, 0.05) is 30.9 Å². The molecule has 0 aliphatic carbocycles. The summed E-state index contributed by atoms with van der Waals surface area (Å²) in [6.45, 7) is 8.46. The van der Waals surface area contributed by atoms with Gasteiger partial charge in [-0.1, -0.05) is 19.9 Å². The van der Waals surface area contributed by atoms with E-state index in [0.717, 1.165) is 11.4 Å². The Morgan fingerprint density at radius 1 is 1.33 bits per heavy atom. The van der Waals surface area contributed by atoms with Crippen molar-refractivity contribution in [1.29, 1.82) is 0 Å². The molecule has 0 spiro atoms. The third-order valence-corrected chi connectivity index (χ3v) is 3.20. The maximum Gasteiger partial charge on any atom is 0.294 e. The second kappa shape index (κ2) is 6.47. The number of carbonyl (C=O) groups excluding carboxylic acids is 1. The minimum absolute atomic E-state index is 0.0544. The van der Waals surface area contributed by atoms with Gasteiger partial charge < -0.3 is 4.90 Å². The lowest BCUT2D eigenvalue weighted by Gasteiger charge is -2.25. The number of nitrogens with zero attached hydrogens (tertiary/aromatic N) is 4. The Labute approximate surface area is 124 Å². The summed E-state index contributed by atoms with van der Waals surface area (Å²) in [7, 11) is 0. The first-order chi connectivity index (χ1) is 9.99. The molecule has 2 aromatic rings. The van der Waals surface area contributed by atoms with Crippen LogP contribution in [0.15, 0.2) is 24.5 Å². The van der Waals surface area contributed by atoms with Crippen LogP contribution in [0.4, 0.5) is 0 Å². The van der Waals surface area contributed by atoms with Crippen LogP contribution in [0.3, 0.4) is 0 Å². The molecule has 0 saturated heterocycles. The first-order valence-corrected chi connectivity index (χ1v) is 7.11. The number of aromatic amines is 1. The van der Waals surface area contributed by atoms with Gasteiger partial charge in [0.05, 0.1) is 0 Å². The SMILES string of the molecule is CC(C)c1nc(C(=O)N(Cc2cccnc2)C(C)C)n[nH]1. The number of hydrogen-bond donors (Lipinski definition) is 1. The van der Waals surface area contributed by atoms with Crippen molar-refractivity contribution in [2.24, 2.45) is 0 Å². The molecule has 1 N–H and O–H groups in total. The molecule has 0 bridgehead atoms. The molecule has 2 heterocycles. The van der Waals surface area contributed by atoms with E-state index in [1.165, 1.54) is 0 Å². The second-order valence-electron chi connectivity index (χ2n) is 5.59. The van der Waals surface area contributed by atoms with E-state index >= 15 is 0 Å². The third kappa shape index (κ3) is 3.65. The van der Waals surface area contributed by atoms with Crippen LogP contribution in [-0.4, -0.2) is 37.0 Å². The molecule has 0 aliphatic heterocycles. The minimum Gasteiger partial charge on any atom is -0.329 e. The van der Waals surface area contributed by atoms with Gasteiger partial charge in [-0.15, -0.1) is 5.10 Å². The fourth-order valence-corrected chi connectivity index (χ4v) is 1.93. The molecule has 1 amide bonds. The number of amides is 1. The molecule has 2 rings (SSSR count). The van der Waals surface area contributed by atoms with Crippen LogP contribution in [0, 0.1) is 0 Å². The highest BCUT2D eigenvalue weighted by Gasteiger charge is 2.23. The van der Waals surface area contributed by atoms with Gasteiger partial charge >= 0.3 is 0 Å². The van der Waals surface area contributed by atoms with Crippen molar-refractivity contribution >= 4 is 5.91 Å². The molecule has 0 unspecified atom stereocenters. The summed E-state index contributed by atoms with van der Waals surface area (Å²) in [5.41, 5.74) is 0.985. The van der Waals surface area contributed by atoms with Crippen LogP contribution in [0.5, 0.6) is 0 Å². The van der Waals surface area contributed by atoms with E-state index in [4.69, 9.17) is 0 Å². The van der Waals surface area contributed by atoms with Crippen LogP contribution in [0.25, 0.3) is 0 Å². The third-order valence-electron chi connectivity index (χ3n) is 3.20. The Morgan fingerprint density at radius 3 is 2.62 bits per heavy atom. The molecular weight excluding hydrogens is 266 g/mol. The molecule has 6 heteroatoms. The highest BCUT2D eigenvalue weighted by Crippen LogP contribution is 2.13. The number of H-pyrrole nitrogens is 1. The Kier molecular flexibility index (Phi) is 4.67. The van der Waals surface area contributed by atoms with E-state index in [1.807, 2.05) is 39.8 Å². The fourth-order valence-electron chi connectivity index (χ4n) is 1.93. The minimum atomic E-state index is -0.169. The zero-order chi connectivity index (χ0) is 15.4. The first kappa shape index (κ1) is 15.2. The molecule has 2 aromatic heterocycles. The predicted octanol–water partition coefficient (Wildman–Crippen LogP) is 2.37. The normalized spacial score (nSPS) is 11.1. The van der Waals surface area contributed by atoms with Crippen molar-refractivity contribution in [3.63, 3.8) is 0 Å². The maximum absolute atomic E-state index is 12.6. The summed E-state index contributed by atoms with van der Waals surface area (Å²) in [5, 5.41) is 6.86. The van der Waals surface area contributed by atoms with Crippen LogP contribution in [0.2, 0.25) is 0 Å². The zero-order valence-corrected chi connectivity index (χ0v) is 12.9. The van der Waals surface area contributed by atoms with Crippen molar-refractivity contribution in [2.45, 2.75) is 46.2 Å². The zero-order valence-electron chi connectivity index (χ0n) is 12.9. The number of carbonyl (C=O) groups is 1. The van der Waals surface area contributed by atoms with Gasteiger partial charge in [0.1, 0.15) is 5.82 Å². The van der Waals surface area contributed by atoms with E-state index in [1.54, 1.807) is 17.3 Å². The lowest BCUT2D eigenvalue weighted by molar-refractivity contribution is 0.0678. The lowest BCUT2D eigenvalue weighted by Crippen LogP contribution is -2.37. The largest absolute Gasteiger partial charge is 0.329 e. The van der Waals surface area contributed by atoms with Gasteiger partial charge in [-0.2, -0.15) is 0 Å². The van der Waals surface area contributed by atoms with Crippen molar-refractivity contribution < 1.29 is 4.79 Å². The maximum atomic E-state index is 12.6. The molecular formula is C15H21N5O. The molecule has 0 atom stereocenters. The van der Waals surface area contributed by atoms with Crippen molar-refractivity contribution in [2.75, 3.05) is 0 Å². The van der Waals surface area contributed by atoms with Crippen LogP contribution < -0.4 is 0 Å². The molecule has 0 saturated carbocycles. The summed E-state index contributed by atoms with van der Waals surface area (Å²) in [6, 6.07) is 3.87. The smallest absolute Gasteiger partial charge is 0.294 e. The van der Waals surface area contributed by atoms with E-state index in [0.29, 0.717) is 6.54 Å². The molecule has 6 nitrogen and oxygen atoms in total. The lowest BCUT2D eigenvalue weighted by atomic mass is 10.2. The standard InChI is InChI=1S/C15H21N5O/c1-10(2)13-17-14(19-18-13)15(21)20(11(3)4)9-12-6-5-7-16-8-12/h5-8,10-11H,9H2,1-4H3,(H,17,18,19).